The van der Waals surface area contributed by atoms with Crippen LogP contribution < -0.4 is 20.1 Å². The molecule has 1 aromatic carbocycles. The molecule has 0 unspecified atom stereocenters. The molecule has 0 heterocycles. The normalized spacial score (nSPS) is 10.2. The number of hydrogen-bond acceptors (Lipinski definition) is 5. The van der Waals surface area contributed by atoms with Crippen LogP contribution in [0.25, 0.3) is 0 Å². The number of carbonyl (C=O) groups is 1. The van der Waals surface area contributed by atoms with Gasteiger partial charge in [-0.2, -0.15) is 0 Å². The van der Waals surface area contributed by atoms with Gasteiger partial charge in [0.25, 0.3) is 5.91 Å². The number of ether oxygens (including phenoxy) is 3. The highest BCUT2D eigenvalue weighted by Gasteiger charge is 2.08. The van der Waals surface area contributed by atoms with Crippen molar-refractivity contribution in [2.45, 2.75) is 13.5 Å². The summed E-state index contributed by atoms with van der Waals surface area (Å²) in [6.07, 6.45) is 0. The summed E-state index contributed by atoms with van der Waals surface area (Å²) < 4.78 is 15.6. The molecule has 0 saturated carbocycles. The van der Waals surface area contributed by atoms with Gasteiger partial charge in [-0.25, -0.2) is 0 Å². The Morgan fingerprint density at radius 1 is 1.24 bits per heavy atom. The Balaban J connectivity index is 2.56. The van der Waals surface area contributed by atoms with E-state index in [1.807, 2.05) is 25.1 Å². The zero-order chi connectivity index (χ0) is 15.5. The molecule has 1 amide bonds. The Morgan fingerprint density at radius 2 is 2.05 bits per heavy atom. The topological polar surface area (TPSA) is 68.8 Å². The molecule has 21 heavy (non-hydrogen) atoms. The first-order valence-electron chi connectivity index (χ1n) is 6.97. The van der Waals surface area contributed by atoms with Gasteiger partial charge in [-0.1, -0.05) is 13.0 Å². The average molecular weight is 296 g/mol. The monoisotopic (exact) mass is 296 g/mol. The molecule has 0 saturated heterocycles. The van der Waals surface area contributed by atoms with E-state index in [1.165, 1.54) is 0 Å². The maximum atomic E-state index is 11.6. The summed E-state index contributed by atoms with van der Waals surface area (Å²) in [4.78, 5) is 11.6. The summed E-state index contributed by atoms with van der Waals surface area (Å²) >= 11 is 0. The molecule has 0 aliphatic heterocycles. The van der Waals surface area contributed by atoms with E-state index in [4.69, 9.17) is 14.2 Å². The number of carbonyl (C=O) groups excluding carboxylic acids is 1. The molecule has 0 spiro atoms. The number of rotatable bonds is 10. The SMILES string of the molecule is CCNCc1ccc(OC)c(OCC(=O)NCCOC)c1. The van der Waals surface area contributed by atoms with Gasteiger partial charge in [0, 0.05) is 20.2 Å². The van der Waals surface area contributed by atoms with E-state index in [9.17, 15) is 4.79 Å². The van der Waals surface area contributed by atoms with Crippen LogP contribution in [0.3, 0.4) is 0 Å². The molecule has 1 rings (SSSR count). The van der Waals surface area contributed by atoms with Crippen LogP contribution >= 0.6 is 0 Å². The van der Waals surface area contributed by atoms with Crippen LogP contribution in [0.5, 0.6) is 11.5 Å². The van der Waals surface area contributed by atoms with Gasteiger partial charge in [0.05, 0.1) is 13.7 Å². The van der Waals surface area contributed by atoms with Crippen molar-refractivity contribution in [1.29, 1.82) is 0 Å². The highest BCUT2D eigenvalue weighted by molar-refractivity contribution is 5.77. The van der Waals surface area contributed by atoms with Crippen LogP contribution in [-0.4, -0.2) is 46.4 Å². The lowest BCUT2D eigenvalue weighted by Gasteiger charge is -2.12. The summed E-state index contributed by atoms with van der Waals surface area (Å²) in [5.74, 6) is 0.987. The first-order valence-corrected chi connectivity index (χ1v) is 6.97. The number of hydrogen-bond donors (Lipinski definition) is 2. The Morgan fingerprint density at radius 3 is 2.71 bits per heavy atom. The van der Waals surface area contributed by atoms with Crippen LogP contribution in [0.4, 0.5) is 0 Å². The van der Waals surface area contributed by atoms with Crippen LogP contribution in [0, 0.1) is 0 Å². The number of benzene rings is 1. The summed E-state index contributed by atoms with van der Waals surface area (Å²) in [5.41, 5.74) is 1.08. The zero-order valence-corrected chi connectivity index (χ0v) is 12.9. The summed E-state index contributed by atoms with van der Waals surface area (Å²) in [5, 5.41) is 5.94. The average Bonchev–Trinajstić information content (AvgIpc) is 2.51. The maximum absolute atomic E-state index is 11.6. The summed E-state index contributed by atoms with van der Waals surface area (Å²) in [6, 6.07) is 5.68. The van der Waals surface area contributed by atoms with Crippen LogP contribution in [0.15, 0.2) is 18.2 Å². The van der Waals surface area contributed by atoms with E-state index in [0.29, 0.717) is 24.7 Å². The van der Waals surface area contributed by atoms with Crippen molar-refractivity contribution in [3.63, 3.8) is 0 Å². The van der Waals surface area contributed by atoms with Gasteiger partial charge < -0.3 is 24.8 Å². The van der Waals surface area contributed by atoms with Crippen molar-refractivity contribution in [3.8, 4) is 11.5 Å². The summed E-state index contributed by atoms with van der Waals surface area (Å²) in [7, 11) is 3.16. The number of amides is 1. The van der Waals surface area contributed by atoms with E-state index < -0.39 is 0 Å². The Kier molecular flexibility index (Phi) is 8.23. The largest absolute Gasteiger partial charge is 0.493 e. The minimum Gasteiger partial charge on any atom is -0.493 e. The van der Waals surface area contributed by atoms with Gasteiger partial charge >= 0.3 is 0 Å². The molecule has 1 aromatic rings. The molecule has 0 aromatic heterocycles. The Bertz CT molecular complexity index is 438. The molecular weight excluding hydrogens is 272 g/mol. The first kappa shape index (κ1) is 17.3. The molecule has 0 radical (unpaired) electrons. The minimum atomic E-state index is -0.189. The molecule has 0 aliphatic rings. The van der Waals surface area contributed by atoms with Gasteiger partial charge in [-0.3, -0.25) is 4.79 Å². The maximum Gasteiger partial charge on any atom is 0.258 e. The molecule has 6 heteroatoms. The molecule has 2 N–H and O–H groups in total. The fourth-order valence-electron chi connectivity index (χ4n) is 1.70. The van der Waals surface area contributed by atoms with Gasteiger partial charge in [0.2, 0.25) is 0 Å². The second kappa shape index (κ2) is 10.0. The van der Waals surface area contributed by atoms with Crippen LogP contribution in [0.2, 0.25) is 0 Å². The number of nitrogens with one attached hydrogen (secondary N) is 2. The third kappa shape index (κ3) is 6.46. The van der Waals surface area contributed by atoms with E-state index in [-0.39, 0.29) is 12.5 Å². The second-order valence-electron chi connectivity index (χ2n) is 4.40. The van der Waals surface area contributed by atoms with Crippen molar-refractivity contribution in [1.82, 2.24) is 10.6 Å². The van der Waals surface area contributed by atoms with Crippen molar-refractivity contribution in [2.75, 3.05) is 40.5 Å². The van der Waals surface area contributed by atoms with Crippen molar-refractivity contribution < 1.29 is 19.0 Å². The Labute approximate surface area is 125 Å². The van der Waals surface area contributed by atoms with Gasteiger partial charge in [0.1, 0.15) is 0 Å². The molecule has 118 valence electrons. The lowest BCUT2D eigenvalue weighted by atomic mass is 10.2. The third-order valence-electron chi connectivity index (χ3n) is 2.79. The lowest BCUT2D eigenvalue weighted by molar-refractivity contribution is -0.123. The predicted octanol–water partition coefficient (Wildman–Crippen LogP) is 0.946. The van der Waals surface area contributed by atoms with Gasteiger partial charge in [-0.15, -0.1) is 0 Å². The quantitative estimate of drug-likeness (QED) is 0.629. The number of methoxy groups -OCH3 is 2. The lowest BCUT2D eigenvalue weighted by Crippen LogP contribution is -2.31. The standard InChI is InChI=1S/C15H24N2O4/c1-4-16-10-12-5-6-13(20-3)14(9-12)21-11-15(18)17-7-8-19-2/h5-6,9,16H,4,7-8,10-11H2,1-3H3,(H,17,18). The molecular formula is C15H24N2O4. The highest BCUT2D eigenvalue weighted by Crippen LogP contribution is 2.27. The van der Waals surface area contributed by atoms with Gasteiger partial charge in [0.15, 0.2) is 18.1 Å². The third-order valence-corrected chi connectivity index (χ3v) is 2.79. The fourth-order valence-corrected chi connectivity index (χ4v) is 1.70. The van der Waals surface area contributed by atoms with E-state index in [1.54, 1.807) is 14.2 Å². The van der Waals surface area contributed by atoms with E-state index in [0.717, 1.165) is 18.7 Å². The highest BCUT2D eigenvalue weighted by atomic mass is 16.5. The predicted molar refractivity (Wildman–Crippen MR) is 80.8 cm³/mol. The smallest absolute Gasteiger partial charge is 0.258 e. The fraction of sp³-hybridized carbons (Fsp3) is 0.533. The zero-order valence-electron chi connectivity index (χ0n) is 12.9. The van der Waals surface area contributed by atoms with E-state index in [2.05, 4.69) is 10.6 Å². The van der Waals surface area contributed by atoms with Gasteiger partial charge in [-0.05, 0) is 24.2 Å². The van der Waals surface area contributed by atoms with Crippen LogP contribution in [0.1, 0.15) is 12.5 Å². The molecule has 0 atom stereocenters. The summed E-state index contributed by atoms with van der Waals surface area (Å²) in [6.45, 7) is 4.58. The first-order chi connectivity index (χ1) is 10.2. The second-order valence-corrected chi connectivity index (χ2v) is 4.40. The molecule has 0 bridgehead atoms. The van der Waals surface area contributed by atoms with Crippen molar-refractivity contribution in [3.05, 3.63) is 23.8 Å². The molecule has 0 fully saturated rings. The minimum absolute atomic E-state index is 0.0509. The van der Waals surface area contributed by atoms with Crippen molar-refractivity contribution >= 4 is 5.91 Å². The van der Waals surface area contributed by atoms with E-state index >= 15 is 0 Å². The van der Waals surface area contributed by atoms with Crippen LogP contribution in [-0.2, 0) is 16.1 Å². The Hall–Kier alpha value is -1.79. The molecule has 6 nitrogen and oxygen atoms in total. The molecule has 0 aliphatic carbocycles. The van der Waals surface area contributed by atoms with Crippen molar-refractivity contribution in [2.24, 2.45) is 0 Å².